The number of piperazine rings is 1. The van der Waals surface area contributed by atoms with Gasteiger partial charge in [0.15, 0.2) is 0 Å². The van der Waals surface area contributed by atoms with E-state index >= 15 is 0 Å². The van der Waals surface area contributed by atoms with Gasteiger partial charge in [-0.15, -0.1) is 0 Å². The van der Waals surface area contributed by atoms with Crippen molar-refractivity contribution < 1.29 is 9.59 Å². The normalized spacial score (nSPS) is 20.9. The van der Waals surface area contributed by atoms with Crippen LogP contribution in [0.2, 0.25) is 0 Å². The number of nitrogens with zero attached hydrogens (tertiary/aromatic N) is 2. The molecule has 0 bridgehead atoms. The number of hydrogen-bond donors (Lipinski definition) is 2. The van der Waals surface area contributed by atoms with E-state index in [-0.39, 0.29) is 11.5 Å². The highest BCUT2D eigenvalue weighted by Gasteiger charge is 2.29. The minimum atomic E-state index is -0.618. The maximum atomic E-state index is 11.9. The lowest BCUT2D eigenvalue weighted by Gasteiger charge is -2.37. The monoisotopic (exact) mass is 298 g/mol. The number of amides is 2. The Bertz CT molecular complexity index is 388. The highest BCUT2D eigenvalue weighted by Crippen LogP contribution is 2.24. The molecule has 1 aliphatic heterocycles. The van der Waals surface area contributed by atoms with Crippen molar-refractivity contribution in [3.05, 3.63) is 0 Å². The van der Waals surface area contributed by atoms with Crippen LogP contribution < -0.4 is 11.1 Å². The number of rotatable bonds is 3. The van der Waals surface area contributed by atoms with Gasteiger partial charge in [-0.05, 0) is 12.8 Å². The van der Waals surface area contributed by atoms with E-state index in [0.29, 0.717) is 19.1 Å². The molecule has 0 atom stereocenters. The molecule has 20 heavy (non-hydrogen) atoms. The van der Waals surface area contributed by atoms with Crippen LogP contribution in [0.5, 0.6) is 0 Å². The molecular weight excluding hydrogens is 276 g/mol. The van der Waals surface area contributed by atoms with Crippen molar-refractivity contribution in [3.63, 3.8) is 0 Å². The largest absolute Gasteiger partial charge is 0.392 e. The number of nitrogens with two attached hydrogens (primary N) is 1. The third kappa shape index (κ3) is 3.89. The molecule has 1 saturated carbocycles. The molecule has 3 N–H and O–H groups in total. The second-order valence-corrected chi connectivity index (χ2v) is 5.94. The van der Waals surface area contributed by atoms with Gasteiger partial charge in [0.25, 0.3) is 0 Å². The quantitative estimate of drug-likeness (QED) is 0.541. The molecule has 0 aromatic rings. The summed E-state index contributed by atoms with van der Waals surface area (Å²) in [5.74, 6) is -1.10. The minimum Gasteiger partial charge on any atom is -0.392 e. The summed E-state index contributed by atoms with van der Waals surface area (Å²) >= 11 is 4.67. The van der Waals surface area contributed by atoms with Gasteiger partial charge in [-0.1, -0.05) is 25.1 Å². The topological polar surface area (TPSA) is 78.7 Å². The molecule has 0 unspecified atom stereocenters. The minimum absolute atomic E-state index is 0.0714. The maximum absolute atomic E-state index is 11.9. The van der Waals surface area contributed by atoms with Gasteiger partial charge < -0.3 is 16.0 Å². The highest BCUT2D eigenvalue weighted by molar-refractivity contribution is 7.80. The number of nitrogens with one attached hydrogen (secondary N) is 1. The lowest BCUT2D eigenvalue weighted by molar-refractivity contribution is -0.147. The van der Waals surface area contributed by atoms with Crippen LogP contribution in [0.15, 0.2) is 0 Å². The fourth-order valence-electron chi connectivity index (χ4n) is 2.95. The third-order valence-electron chi connectivity index (χ3n) is 4.06. The molecule has 6 nitrogen and oxygen atoms in total. The molecule has 112 valence electrons. The first kappa shape index (κ1) is 15.2. The van der Waals surface area contributed by atoms with E-state index < -0.39 is 11.8 Å². The Morgan fingerprint density at radius 3 is 2.30 bits per heavy atom. The van der Waals surface area contributed by atoms with Crippen LogP contribution in [-0.2, 0) is 9.59 Å². The van der Waals surface area contributed by atoms with Crippen LogP contribution in [0.25, 0.3) is 0 Å². The Labute approximate surface area is 124 Å². The van der Waals surface area contributed by atoms with Crippen molar-refractivity contribution >= 4 is 29.0 Å². The Morgan fingerprint density at radius 2 is 1.75 bits per heavy atom. The van der Waals surface area contributed by atoms with Crippen LogP contribution >= 0.6 is 12.2 Å². The lowest BCUT2D eigenvalue weighted by atomic mass is 10.2. The number of hydrogen-bond acceptors (Lipinski definition) is 4. The molecule has 0 aromatic heterocycles. The third-order valence-corrected chi connectivity index (χ3v) is 4.20. The second kappa shape index (κ2) is 6.99. The molecule has 2 amide bonds. The molecule has 0 spiro atoms. The van der Waals surface area contributed by atoms with Gasteiger partial charge in [-0.25, -0.2) is 0 Å². The van der Waals surface area contributed by atoms with Crippen molar-refractivity contribution in [1.29, 1.82) is 0 Å². The fraction of sp³-hybridized carbons (Fsp3) is 0.769. The first-order chi connectivity index (χ1) is 9.58. The summed E-state index contributed by atoms with van der Waals surface area (Å²) < 4.78 is 0. The van der Waals surface area contributed by atoms with Gasteiger partial charge in [0, 0.05) is 32.2 Å². The summed E-state index contributed by atoms with van der Waals surface area (Å²) in [7, 11) is 0. The van der Waals surface area contributed by atoms with E-state index in [1.54, 1.807) is 4.90 Å². The highest BCUT2D eigenvalue weighted by atomic mass is 32.1. The summed E-state index contributed by atoms with van der Waals surface area (Å²) in [6.45, 7) is 3.03. The zero-order valence-corrected chi connectivity index (χ0v) is 12.5. The summed E-state index contributed by atoms with van der Waals surface area (Å²) in [6.07, 6.45) is 5.15. The zero-order valence-electron chi connectivity index (χ0n) is 11.6. The molecule has 0 radical (unpaired) electrons. The smallest absolute Gasteiger partial charge is 0.311 e. The van der Waals surface area contributed by atoms with Crippen molar-refractivity contribution in [3.8, 4) is 0 Å². The standard InChI is InChI=1S/C13H22N4O2S/c14-11(20)9-15-12(18)13(19)17-7-5-16(6-8-17)10-3-1-2-4-10/h10H,1-9H2,(H2,14,20)(H,15,18). The first-order valence-corrected chi connectivity index (χ1v) is 7.58. The molecular formula is C13H22N4O2S. The molecule has 2 rings (SSSR count). The summed E-state index contributed by atoms with van der Waals surface area (Å²) in [6, 6.07) is 0.677. The molecule has 1 aliphatic carbocycles. The van der Waals surface area contributed by atoms with E-state index in [0.717, 1.165) is 13.1 Å². The summed E-state index contributed by atoms with van der Waals surface area (Å²) in [5, 5.41) is 2.44. The molecule has 1 saturated heterocycles. The summed E-state index contributed by atoms with van der Waals surface area (Å²) in [4.78, 5) is 27.8. The van der Waals surface area contributed by atoms with Crippen LogP contribution in [0.4, 0.5) is 0 Å². The van der Waals surface area contributed by atoms with Crippen LogP contribution in [0, 0.1) is 0 Å². The van der Waals surface area contributed by atoms with Gasteiger partial charge in [0.05, 0.1) is 11.5 Å². The predicted molar refractivity (Wildman–Crippen MR) is 80.2 cm³/mol. The Hall–Kier alpha value is -1.21. The number of carbonyl (C=O) groups excluding carboxylic acids is 2. The van der Waals surface area contributed by atoms with Gasteiger partial charge >= 0.3 is 11.8 Å². The first-order valence-electron chi connectivity index (χ1n) is 7.17. The second-order valence-electron chi connectivity index (χ2n) is 5.42. The summed E-state index contributed by atoms with van der Waals surface area (Å²) in [5.41, 5.74) is 5.29. The number of thiocarbonyl (C=S) groups is 1. The van der Waals surface area contributed by atoms with Crippen LogP contribution in [-0.4, -0.2) is 65.4 Å². The Morgan fingerprint density at radius 1 is 1.15 bits per heavy atom. The van der Waals surface area contributed by atoms with Crippen LogP contribution in [0.3, 0.4) is 0 Å². The van der Waals surface area contributed by atoms with E-state index in [1.165, 1.54) is 25.7 Å². The molecule has 0 aromatic carbocycles. The van der Waals surface area contributed by atoms with Gasteiger partial charge in [-0.3, -0.25) is 14.5 Å². The SMILES string of the molecule is NC(=S)CNC(=O)C(=O)N1CCN(C2CCCC2)CC1. The van der Waals surface area contributed by atoms with Gasteiger partial charge in [-0.2, -0.15) is 0 Å². The van der Waals surface area contributed by atoms with Crippen LogP contribution in [0.1, 0.15) is 25.7 Å². The molecule has 1 heterocycles. The van der Waals surface area contributed by atoms with Gasteiger partial charge in [0.1, 0.15) is 0 Å². The molecule has 2 fully saturated rings. The van der Waals surface area contributed by atoms with Crippen molar-refractivity contribution in [2.75, 3.05) is 32.7 Å². The Kier molecular flexibility index (Phi) is 5.31. The number of carbonyl (C=O) groups is 2. The molecule has 2 aliphatic rings. The van der Waals surface area contributed by atoms with E-state index in [9.17, 15) is 9.59 Å². The average molecular weight is 298 g/mol. The van der Waals surface area contributed by atoms with Crippen molar-refractivity contribution in [2.45, 2.75) is 31.7 Å². The van der Waals surface area contributed by atoms with Crippen molar-refractivity contribution in [2.24, 2.45) is 5.73 Å². The van der Waals surface area contributed by atoms with Crippen molar-refractivity contribution in [1.82, 2.24) is 15.1 Å². The fourth-order valence-corrected chi connectivity index (χ4v) is 3.02. The lowest BCUT2D eigenvalue weighted by Crippen LogP contribution is -2.54. The average Bonchev–Trinajstić information content (AvgIpc) is 2.98. The zero-order chi connectivity index (χ0) is 14.5. The van der Waals surface area contributed by atoms with Gasteiger partial charge in [0.2, 0.25) is 0 Å². The van der Waals surface area contributed by atoms with E-state index in [2.05, 4.69) is 22.4 Å². The van der Waals surface area contributed by atoms with E-state index in [1.807, 2.05) is 0 Å². The Balaban J connectivity index is 1.76. The molecule has 7 heteroatoms. The van der Waals surface area contributed by atoms with E-state index in [4.69, 9.17) is 5.73 Å². The predicted octanol–water partition coefficient (Wildman–Crippen LogP) is -0.524. The maximum Gasteiger partial charge on any atom is 0.311 e.